The van der Waals surface area contributed by atoms with Gasteiger partial charge in [-0.05, 0) is 60.5 Å². The summed E-state index contributed by atoms with van der Waals surface area (Å²) >= 11 is 0. The van der Waals surface area contributed by atoms with Gasteiger partial charge in [0.05, 0.1) is 12.3 Å². The first-order valence-corrected chi connectivity index (χ1v) is 7.72. The van der Waals surface area contributed by atoms with Crippen LogP contribution in [-0.4, -0.2) is 12.3 Å². The quantitative estimate of drug-likeness (QED) is 0.439. The molecule has 0 aromatic heterocycles. The average Bonchev–Trinajstić information content (AvgIpc) is 2.99. The Morgan fingerprint density at radius 3 is 1.60 bits per heavy atom. The standard InChI is InChI=1S/C16H24N4/c17-15(18)13-9-4-10(14(13)16(19)20)6-12-8-2-1-7(3-8)11(12)5-9/h1-2,7-10,15-16H,3-6,17-20H2. The van der Waals surface area contributed by atoms with Crippen molar-refractivity contribution >= 4 is 0 Å². The Morgan fingerprint density at radius 1 is 0.750 bits per heavy atom. The molecule has 4 rings (SSSR count). The second-order valence-corrected chi connectivity index (χ2v) is 6.88. The molecule has 0 aromatic rings. The van der Waals surface area contributed by atoms with Crippen LogP contribution in [0.3, 0.4) is 0 Å². The lowest BCUT2D eigenvalue weighted by Gasteiger charge is -2.26. The van der Waals surface area contributed by atoms with Gasteiger partial charge >= 0.3 is 0 Å². The van der Waals surface area contributed by atoms with E-state index in [2.05, 4.69) is 12.2 Å². The van der Waals surface area contributed by atoms with E-state index in [1.807, 2.05) is 0 Å². The summed E-state index contributed by atoms with van der Waals surface area (Å²) in [6.07, 6.45) is 8.62. The van der Waals surface area contributed by atoms with Crippen LogP contribution in [0.25, 0.3) is 0 Å². The molecular weight excluding hydrogens is 248 g/mol. The molecule has 0 saturated heterocycles. The number of hydrogen-bond donors (Lipinski definition) is 4. The third-order valence-corrected chi connectivity index (χ3v) is 5.82. The molecule has 0 spiro atoms. The molecule has 4 aliphatic rings. The zero-order valence-corrected chi connectivity index (χ0v) is 11.8. The minimum atomic E-state index is -0.411. The highest BCUT2D eigenvalue weighted by Crippen LogP contribution is 2.56. The van der Waals surface area contributed by atoms with Crippen LogP contribution in [0.4, 0.5) is 0 Å². The van der Waals surface area contributed by atoms with Gasteiger partial charge in [-0.25, -0.2) is 0 Å². The molecule has 0 saturated carbocycles. The molecule has 4 heteroatoms. The molecule has 4 bridgehead atoms. The largest absolute Gasteiger partial charge is 0.313 e. The van der Waals surface area contributed by atoms with Gasteiger partial charge in [-0.1, -0.05) is 23.3 Å². The summed E-state index contributed by atoms with van der Waals surface area (Å²) in [5, 5.41) is 0. The smallest absolute Gasteiger partial charge is 0.0750 e. The number of nitrogens with two attached hydrogens (primary N) is 4. The topological polar surface area (TPSA) is 104 Å². The van der Waals surface area contributed by atoms with Crippen molar-refractivity contribution in [2.24, 2.45) is 46.6 Å². The third kappa shape index (κ3) is 1.62. The van der Waals surface area contributed by atoms with E-state index in [1.54, 1.807) is 11.1 Å². The highest BCUT2D eigenvalue weighted by Gasteiger charge is 2.45. The van der Waals surface area contributed by atoms with Crippen molar-refractivity contribution in [3.63, 3.8) is 0 Å². The molecular formula is C16H24N4. The van der Waals surface area contributed by atoms with Crippen LogP contribution in [0, 0.1) is 23.7 Å². The first-order chi connectivity index (χ1) is 9.56. The predicted octanol–water partition coefficient (Wildman–Crippen LogP) is 0.702. The van der Waals surface area contributed by atoms with E-state index >= 15 is 0 Å². The lowest BCUT2D eigenvalue weighted by Crippen LogP contribution is -2.41. The monoisotopic (exact) mass is 272 g/mol. The van der Waals surface area contributed by atoms with E-state index in [0.29, 0.717) is 23.7 Å². The molecule has 0 aromatic carbocycles. The van der Waals surface area contributed by atoms with Crippen molar-refractivity contribution in [1.29, 1.82) is 0 Å². The number of hydrogen-bond acceptors (Lipinski definition) is 4. The lowest BCUT2D eigenvalue weighted by atomic mass is 9.83. The fraction of sp³-hybridized carbons (Fsp3) is 0.625. The minimum Gasteiger partial charge on any atom is -0.313 e. The molecule has 0 radical (unpaired) electrons. The molecule has 4 unspecified atom stereocenters. The van der Waals surface area contributed by atoms with Gasteiger partial charge in [0.25, 0.3) is 0 Å². The first-order valence-electron chi connectivity index (χ1n) is 7.72. The van der Waals surface area contributed by atoms with Crippen LogP contribution in [0.1, 0.15) is 25.7 Å². The Hall–Kier alpha value is -0.940. The van der Waals surface area contributed by atoms with Crippen molar-refractivity contribution in [2.45, 2.75) is 38.0 Å². The second-order valence-electron chi connectivity index (χ2n) is 6.88. The average molecular weight is 272 g/mol. The maximum atomic E-state index is 6.02. The van der Waals surface area contributed by atoms with Gasteiger partial charge in [-0.15, -0.1) is 0 Å². The van der Waals surface area contributed by atoms with Crippen LogP contribution in [0.2, 0.25) is 0 Å². The van der Waals surface area contributed by atoms with Gasteiger partial charge in [-0.3, -0.25) is 0 Å². The third-order valence-electron chi connectivity index (χ3n) is 5.82. The van der Waals surface area contributed by atoms with Crippen LogP contribution in [-0.2, 0) is 0 Å². The summed E-state index contributed by atoms with van der Waals surface area (Å²) in [5.74, 6) is 2.29. The van der Waals surface area contributed by atoms with Crippen molar-refractivity contribution < 1.29 is 0 Å². The van der Waals surface area contributed by atoms with Gasteiger partial charge < -0.3 is 22.9 Å². The first kappa shape index (κ1) is 12.8. The summed E-state index contributed by atoms with van der Waals surface area (Å²) in [6.45, 7) is 0. The molecule has 4 nitrogen and oxygen atoms in total. The van der Waals surface area contributed by atoms with Crippen LogP contribution in [0.15, 0.2) is 34.4 Å². The Morgan fingerprint density at radius 2 is 1.20 bits per heavy atom. The Balaban J connectivity index is 1.73. The zero-order valence-electron chi connectivity index (χ0n) is 11.8. The van der Waals surface area contributed by atoms with E-state index in [4.69, 9.17) is 22.9 Å². The maximum Gasteiger partial charge on any atom is 0.0750 e. The van der Waals surface area contributed by atoms with E-state index < -0.39 is 12.3 Å². The highest BCUT2D eigenvalue weighted by molar-refractivity contribution is 5.44. The van der Waals surface area contributed by atoms with Gasteiger partial charge in [-0.2, -0.15) is 0 Å². The van der Waals surface area contributed by atoms with E-state index in [9.17, 15) is 0 Å². The molecule has 4 atom stereocenters. The van der Waals surface area contributed by atoms with Crippen LogP contribution >= 0.6 is 0 Å². The van der Waals surface area contributed by atoms with Crippen LogP contribution < -0.4 is 22.9 Å². The number of rotatable bonds is 2. The molecule has 0 fully saturated rings. The summed E-state index contributed by atoms with van der Waals surface area (Å²) < 4.78 is 0. The molecule has 4 aliphatic carbocycles. The fourth-order valence-electron chi connectivity index (χ4n) is 5.17. The molecule has 8 N–H and O–H groups in total. The molecule has 20 heavy (non-hydrogen) atoms. The second kappa shape index (κ2) is 4.28. The van der Waals surface area contributed by atoms with Gasteiger partial charge in [0.2, 0.25) is 0 Å². The zero-order chi connectivity index (χ0) is 14.0. The van der Waals surface area contributed by atoms with Crippen LogP contribution in [0.5, 0.6) is 0 Å². The fourth-order valence-corrected chi connectivity index (χ4v) is 5.17. The summed E-state index contributed by atoms with van der Waals surface area (Å²) in [5.41, 5.74) is 29.8. The van der Waals surface area contributed by atoms with E-state index in [0.717, 1.165) is 30.4 Å². The van der Waals surface area contributed by atoms with Gasteiger partial charge in [0.1, 0.15) is 0 Å². The summed E-state index contributed by atoms with van der Waals surface area (Å²) in [7, 11) is 0. The predicted molar refractivity (Wildman–Crippen MR) is 79.9 cm³/mol. The van der Waals surface area contributed by atoms with Crippen molar-refractivity contribution in [3.8, 4) is 0 Å². The van der Waals surface area contributed by atoms with E-state index in [-0.39, 0.29) is 0 Å². The summed E-state index contributed by atoms with van der Waals surface area (Å²) in [4.78, 5) is 0. The Kier molecular flexibility index (Phi) is 2.73. The molecule has 0 amide bonds. The van der Waals surface area contributed by atoms with Crippen molar-refractivity contribution in [1.82, 2.24) is 0 Å². The van der Waals surface area contributed by atoms with E-state index in [1.165, 1.54) is 6.42 Å². The summed E-state index contributed by atoms with van der Waals surface area (Å²) in [6, 6.07) is 0. The van der Waals surface area contributed by atoms with Gasteiger partial charge in [0, 0.05) is 0 Å². The normalized spacial score (nSPS) is 38.5. The Labute approximate surface area is 119 Å². The molecule has 0 aliphatic heterocycles. The molecule has 0 heterocycles. The molecule has 108 valence electrons. The Bertz CT molecular complexity index is 497. The number of allylic oxidation sites excluding steroid dienone is 4. The SMILES string of the molecule is NC(N)C1=C(C(N)N)C2CC3=C(CC1C2)C1C=CC3C1. The lowest BCUT2D eigenvalue weighted by molar-refractivity contribution is 0.475. The van der Waals surface area contributed by atoms with Crippen molar-refractivity contribution in [2.75, 3.05) is 0 Å². The van der Waals surface area contributed by atoms with Gasteiger partial charge in [0.15, 0.2) is 0 Å². The maximum absolute atomic E-state index is 6.02. The van der Waals surface area contributed by atoms with Crippen molar-refractivity contribution in [3.05, 3.63) is 34.4 Å². The highest BCUT2D eigenvalue weighted by atomic mass is 14.9. The minimum absolute atomic E-state index is 0.411. The number of fused-ring (bicyclic) bond motifs is 6.